The SMILES string of the molecule is COc1ccc(C2CN(C)Cc3cc(Br)ccc32)cc1. The van der Waals surface area contributed by atoms with Gasteiger partial charge in [-0.3, -0.25) is 0 Å². The Balaban J connectivity index is 2.01. The molecule has 0 aliphatic carbocycles. The number of hydrogen-bond acceptors (Lipinski definition) is 2. The molecule has 0 amide bonds. The summed E-state index contributed by atoms with van der Waals surface area (Å²) in [4.78, 5) is 2.38. The maximum Gasteiger partial charge on any atom is 0.118 e. The van der Waals surface area contributed by atoms with Crippen LogP contribution in [0.3, 0.4) is 0 Å². The van der Waals surface area contributed by atoms with Crippen molar-refractivity contribution < 1.29 is 4.74 Å². The number of methoxy groups -OCH3 is 1. The van der Waals surface area contributed by atoms with Crippen molar-refractivity contribution in [2.45, 2.75) is 12.5 Å². The van der Waals surface area contributed by atoms with Gasteiger partial charge in [-0.25, -0.2) is 0 Å². The van der Waals surface area contributed by atoms with E-state index in [0.29, 0.717) is 5.92 Å². The van der Waals surface area contributed by atoms with E-state index in [1.165, 1.54) is 16.7 Å². The Kier molecular flexibility index (Phi) is 3.81. The van der Waals surface area contributed by atoms with Crippen LogP contribution in [0.2, 0.25) is 0 Å². The largest absolute Gasteiger partial charge is 0.497 e. The summed E-state index contributed by atoms with van der Waals surface area (Å²) in [5, 5.41) is 0. The zero-order valence-electron chi connectivity index (χ0n) is 11.8. The van der Waals surface area contributed by atoms with E-state index in [1.54, 1.807) is 7.11 Å². The van der Waals surface area contributed by atoms with Gasteiger partial charge in [0.05, 0.1) is 7.11 Å². The van der Waals surface area contributed by atoms with E-state index in [-0.39, 0.29) is 0 Å². The first-order chi connectivity index (χ1) is 9.67. The predicted octanol–water partition coefficient (Wildman–Crippen LogP) is 4.04. The molecule has 2 nitrogen and oxygen atoms in total. The Labute approximate surface area is 128 Å². The summed E-state index contributed by atoms with van der Waals surface area (Å²) in [6, 6.07) is 15.1. The third-order valence-electron chi connectivity index (χ3n) is 3.93. The minimum absolute atomic E-state index is 0.433. The standard InChI is InChI=1S/C17H18BrNO/c1-19-10-13-9-14(18)5-8-16(13)17(11-19)12-3-6-15(20-2)7-4-12/h3-9,17H,10-11H2,1-2H3. The first-order valence-electron chi connectivity index (χ1n) is 6.78. The Bertz CT molecular complexity index is 609. The second kappa shape index (κ2) is 5.58. The molecule has 1 aliphatic heterocycles. The van der Waals surface area contributed by atoms with E-state index in [1.807, 2.05) is 12.1 Å². The second-order valence-electron chi connectivity index (χ2n) is 5.37. The first kappa shape index (κ1) is 13.7. The highest BCUT2D eigenvalue weighted by molar-refractivity contribution is 9.10. The Morgan fingerprint density at radius 1 is 1.15 bits per heavy atom. The van der Waals surface area contributed by atoms with Crippen molar-refractivity contribution in [2.75, 3.05) is 20.7 Å². The fraction of sp³-hybridized carbons (Fsp3) is 0.294. The van der Waals surface area contributed by atoms with Crippen molar-refractivity contribution in [3.8, 4) is 5.75 Å². The highest BCUT2D eigenvalue weighted by Crippen LogP contribution is 2.34. The molecule has 0 N–H and O–H groups in total. The third kappa shape index (κ3) is 2.60. The van der Waals surface area contributed by atoms with Gasteiger partial charge in [0.15, 0.2) is 0 Å². The zero-order chi connectivity index (χ0) is 14.1. The zero-order valence-corrected chi connectivity index (χ0v) is 13.4. The van der Waals surface area contributed by atoms with E-state index in [4.69, 9.17) is 4.74 Å². The van der Waals surface area contributed by atoms with Gasteiger partial charge in [0.2, 0.25) is 0 Å². The number of nitrogens with zero attached hydrogens (tertiary/aromatic N) is 1. The second-order valence-corrected chi connectivity index (χ2v) is 6.28. The van der Waals surface area contributed by atoms with Crippen LogP contribution >= 0.6 is 15.9 Å². The summed E-state index contributed by atoms with van der Waals surface area (Å²) >= 11 is 3.57. The molecule has 0 radical (unpaired) electrons. The van der Waals surface area contributed by atoms with Crippen LogP contribution in [0.4, 0.5) is 0 Å². The van der Waals surface area contributed by atoms with Gasteiger partial charge in [-0.2, -0.15) is 0 Å². The molecule has 0 fully saturated rings. The van der Waals surface area contributed by atoms with Gasteiger partial charge in [0.1, 0.15) is 5.75 Å². The summed E-state index contributed by atoms with van der Waals surface area (Å²) in [7, 11) is 3.89. The van der Waals surface area contributed by atoms with Gasteiger partial charge in [0.25, 0.3) is 0 Å². The van der Waals surface area contributed by atoms with Crippen molar-refractivity contribution in [1.82, 2.24) is 4.90 Å². The van der Waals surface area contributed by atoms with Gasteiger partial charge < -0.3 is 9.64 Å². The smallest absolute Gasteiger partial charge is 0.118 e. The maximum absolute atomic E-state index is 5.25. The van der Waals surface area contributed by atoms with Crippen molar-refractivity contribution in [3.63, 3.8) is 0 Å². The molecule has 1 atom stereocenters. The lowest BCUT2D eigenvalue weighted by Gasteiger charge is -2.32. The first-order valence-corrected chi connectivity index (χ1v) is 7.57. The summed E-state index contributed by atoms with van der Waals surface area (Å²) < 4.78 is 6.40. The molecular formula is C17H18BrNO. The summed E-state index contributed by atoms with van der Waals surface area (Å²) in [6.07, 6.45) is 0. The van der Waals surface area contributed by atoms with E-state index >= 15 is 0 Å². The molecule has 0 saturated heterocycles. The minimum Gasteiger partial charge on any atom is -0.497 e. The molecule has 0 saturated carbocycles. The van der Waals surface area contributed by atoms with Crippen LogP contribution < -0.4 is 4.74 Å². The van der Waals surface area contributed by atoms with Gasteiger partial charge in [0, 0.05) is 23.5 Å². The van der Waals surface area contributed by atoms with Gasteiger partial charge in [-0.1, -0.05) is 34.1 Å². The minimum atomic E-state index is 0.433. The number of rotatable bonds is 2. The van der Waals surface area contributed by atoms with E-state index in [9.17, 15) is 0 Å². The van der Waals surface area contributed by atoms with Crippen molar-refractivity contribution in [3.05, 3.63) is 63.6 Å². The molecule has 1 aliphatic rings. The van der Waals surface area contributed by atoms with Crippen LogP contribution in [0.1, 0.15) is 22.6 Å². The molecule has 0 spiro atoms. The van der Waals surface area contributed by atoms with E-state index < -0.39 is 0 Å². The van der Waals surface area contributed by atoms with Crippen LogP contribution in [0.5, 0.6) is 5.75 Å². The van der Waals surface area contributed by atoms with Crippen LogP contribution in [-0.4, -0.2) is 25.6 Å². The Morgan fingerprint density at radius 2 is 1.90 bits per heavy atom. The highest BCUT2D eigenvalue weighted by Gasteiger charge is 2.24. The fourth-order valence-electron chi connectivity index (χ4n) is 2.94. The molecule has 1 unspecified atom stereocenters. The molecule has 2 aromatic rings. The molecular weight excluding hydrogens is 314 g/mol. The molecule has 3 heteroatoms. The summed E-state index contributed by atoms with van der Waals surface area (Å²) in [5.41, 5.74) is 4.20. The Morgan fingerprint density at radius 3 is 2.60 bits per heavy atom. The highest BCUT2D eigenvalue weighted by atomic mass is 79.9. The fourth-order valence-corrected chi connectivity index (χ4v) is 3.35. The number of likely N-dealkylation sites (N-methyl/N-ethyl adjacent to an activating group) is 1. The van der Waals surface area contributed by atoms with Crippen LogP contribution in [0, 0.1) is 0 Å². The van der Waals surface area contributed by atoms with Gasteiger partial charge in [-0.05, 0) is 48.0 Å². The lowest BCUT2D eigenvalue weighted by Crippen LogP contribution is -2.30. The monoisotopic (exact) mass is 331 g/mol. The van der Waals surface area contributed by atoms with Crippen molar-refractivity contribution >= 4 is 15.9 Å². The molecule has 0 bridgehead atoms. The normalized spacial score (nSPS) is 18.6. The molecule has 0 aromatic heterocycles. The third-order valence-corrected chi connectivity index (χ3v) is 4.43. The Hall–Kier alpha value is -1.32. The topological polar surface area (TPSA) is 12.5 Å². The van der Waals surface area contributed by atoms with E-state index in [2.05, 4.69) is 58.2 Å². The molecule has 2 aromatic carbocycles. The average Bonchev–Trinajstić information content (AvgIpc) is 2.46. The average molecular weight is 332 g/mol. The summed E-state index contributed by atoms with van der Waals surface area (Å²) in [5.74, 6) is 1.34. The van der Waals surface area contributed by atoms with Crippen LogP contribution in [0.15, 0.2) is 46.9 Å². The van der Waals surface area contributed by atoms with Gasteiger partial charge in [-0.15, -0.1) is 0 Å². The lowest BCUT2D eigenvalue weighted by atomic mass is 9.85. The van der Waals surface area contributed by atoms with Crippen LogP contribution in [0.25, 0.3) is 0 Å². The summed E-state index contributed by atoms with van der Waals surface area (Å²) in [6.45, 7) is 2.07. The number of fused-ring (bicyclic) bond motifs is 1. The van der Waals surface area contributed by atoms with Crippen molar-refractivity contribution in [2.24, 2.45) is 0 Å². The molecule has 1 heterocycles. The number of halogens is 1. The maximum atomic E-state index is 5.25. The predicted molar refractivity (Wildman–Crippen MR) is 85.3 cm³/mol. The number of ether oxygens (including phenoxy) is 1. The van der Waals surface area contributed by atoms with Crippen molar-refractivity contribution in [1.29, 1.82) is 0 Å². The van der Waals surface area contributed by atoms with Gasteiger partial charge >= 0.3 is 0 Å². The number of benzene rings is 2. The number of hydrogen-bond donors (Lipinski definition) is 0. The lowest BCUT2D eigenvalue weighted by molar-refractivity contribution is 0.295. The molecule has 3 rings (SSSR count). The van der Waals surface area contributed by atoms with Crippen LogP contribution in [-0.2, 0) is 6.54 Å². The molecule has 20 heavy (non-hydrogen) atoms. The van der Waals surface area contributed by atoms with E-state index in [0.717, 1.165) is 23.3 Å². The molecule has 104 valence electrons. The quantitative estimate of drug-likeness (QED) is 0.823.